The van der Waals surface area contributed by atoms with E-state index in [2.05, 4.69) is 11.6 Å². The Balaban J connectivity index is 1.66. The van der Waals surface area contributed by atoms with Gasteiger partial charge in [0.2, 0.25) is 0 Å². The molecule has 3 heterocycles. The van der Waals surface area contributed by atoms with E-state index in [1.165, 1.54) is 11.3 Å². The number of esters is 2. The molecule has 0 atom stereocenters. The summed E-state index contributed by atoms with van der Waals surface area (Å²) in [4.78, 5) is 32.7. The van der Waals surface area contributed by atoms with E-state index in [0.717, 1.165) is 28.5 Å². The van der Waals surface area contributed by atoms with Crippen molar-refractivity contribution in [2.45, 2.75) is 12.5 Å². The smallest absolute Gasteiger partial charge is 0.339 e. The summed E-state index contributed by atoms with van der Waals surface area (Å²) in [6.07, 6.45) is 3.86. The molecule has 0 saturated carbocycles. The van der Waals surface area contributed by atoms with Crippen molar-refractivity contribution in [2.24, 2.45) is 0 Å². The number of nitrogens with zero attached hydrogens (tertiary/aromatic N) is 3. The van der Waals surface area contributed by atoms with E-state index in [0.29, 0.717) is 19.6 Å². The lowest BCUT2D eigenvalue weighted by Crippen LogP contribution is -2.65. The van der Waals surface area contributed by atoms with Gasteiger partial charge in [0.1, 0.15) is 6.54 Å². The van der Waals surface area contributed by atoms with E-state index in [-0.39, 0.29) is 6.54 Å². The highest BCUT2D eigenvalue weighted by atomic mass is 32.1. The van der Waals surface area contributed by atoms with Gasteiger partial charge in [0.15, 0.2) is 5.13 Å². The molecule has 1 aromatic heterocycles. The number of thiazole rings is 1. The fraction of sp³-hybridized carbons (Fsp3) is 0.250. The van der Waals surface area contributed by atoms with Crippen LogP contribution in [0.15, 0.2) is 54.4 Å². The minimum absolute atomic E-state index is 0.170. The van der Waals surface area contributed by atoms with E-state index in [4.69, 9.17) is 9.47 Å². The van der Waals surface area contributed by atoms with Gasteiger partial charge in [-0.2, -0.15) is 0 Å². The summed E-state index contributed by atoms with van der Waals surface area (Å²) >= 11 is 1.47. The monoisotopic (exact) mass is 397 g/mol. The van der Waals surface area contributed by atoms with Crippen LogP contribution in [0, 0.1) is 0 Å². The number of hydrogen-bond acceptors (Lipinski definition) is 8. The maximum Gasteiger partial charge on any atom is 0.339 e. The van der Waals surface area contributed by atoms with Gasteiger partial charge in [-0.25, -0.2) is 19.5 Å². The van der Waals surface area contributed by atoms with Gasteiger partial charge in [-0.3, -0.25) is 0 Å². The molecule has 0 amide bonds. The first-order valence-electron chi connectivity index (χ1n) is 8.84. The first kappa shape index (κ1) is 18.4. The zero-order valence-electron chi connectivity index (χ0n) is 15.1. The van der Waals surface area contributed by atoms with Crippen LogP contribution in [0.25, 0.3) is 6.08 Å². The average molecular weight is 397 g/mol. The Hall–Kier alpha value is -2.97. The summed E-state index contributed by atoms with van der Waals surface area (Å²) in [6, 6.07) is 9.78. The summed E-state index contributed by atoms with van der Waals surface area (Å²) in [5.41, 5.74) is 1.81. The van der Waals surface area contributed by atoms with Crippen molar-refractivity contribution in [3.63, 3.8) is 0 Å². The predicted molar refractivity (Wildman–Crippen MR) is 105 cm³/mol. The highest BCUT2D eigenvalue weighted by molar-refractivity contribution is 7.13. The van der Waals surface area contributed by atoms with E-state index in [9.17, 15) is 9.59 Å². The summed E-state index contributed by atoms with van der Waals surface area (Å²) < 4.78 is 11.3. The van der Waals surface area contributed by atoms with Crippen molar-refractivity contribution in [2.75, 3.05) is 24.5 Å². The van der Waals surface area contributed by atoms with Crippen LogP contribution in [0.5, 0.6) is 0 Å². The molecule has 0 aliphatic carbocycles. The molecule has 144 valence electrons. The molecule has 1 spiro atoms. The van der Waals surface area contributed by atoms with Gasteiger partial charge in [0, 0.05) is 37.2 Å². The van der Waals surface area contributed by atoms with Gasteiger partial charge in [0.05, 0.1) is 5.69 Å². The fourth-order valence-corrected chi connectivity index (χ4v) is 4.08. The van der Waals surface area contributed by atoms with Crippen LogP contribution >= 0.6 is 11.3 Å². The Bertz CT molecular complexity index is 905. The SMILES string of the molecule is C=Cc1csc(N2CCN(Cc3ccccc3)C3(C2)OC(=O)C=CC(=O)O3)n1. The number of hydrogen-bond donors (Lipinski definition) is 0. The Morgan fingerprint density at radius 2 is 1.86 bits per heavy atom. The van der Waals surface area contributed by atoms with Gasteiger partial charge in [-0.1, -0.05) is 36.9 Å². The maximum atomic E-state index is 12.2. The standard InChI is InChI=1S/C20H19N3O4S/c1-2-16-13-28-19(21-16)22-10-11-23(12-15-6-4-3-5-7-15)20(14-22)26-17(24)8-9-18(25)27-20/h2-9,13H,1,10-12,14H2. The quantitative estimate of drug-likeness (QED) is 0.734. The third-order valence-electron chi connectivity index (χ3n) is 4.59. The Labute approximate surface area is 166 Å². The molecule has 7 nitrogen and oxygen atoms in total. The summed E-state index contributed by atoms with van der Waals surface area (Å²) in [5.74, 6) is -2.75. The van der Waals surface area contributed by atoms with Crippen LogP contribution in [-0.4, -0.2) is 47.4 Å². The number of ether oxygens (including phenoxy) is 2. The third kappa shape index (κ3) is 3.69. The summed E-state index contributed by atoms with van der Waals surface area (Å²) in [5, 5.41) is 2.66. The molecule has 2 aromatic rings. The van der Waals surface area contributed by atoms with Gasteiger partial charge >= 0.3 is 17.8 Å². The second kappa shape index (κ2) is 7.57. The minimum Gasteiger partial charge on any atom is -0.403 e. The van der Waals surface area contributed by atoms with Crippen LogP contribution < -0.4 is 4.90 Å². The summed E-state index contributed by atoms with van der Waals surface area (Å²) in [7, 11) is 0. The van der Waals surface area contributed by atoms with E-state index in [1.54, 1.807) is 6.08 Å². The second-order valence-corrected chi connectivity index (χ2v) is 7.31. The number of piperazine rings is 1. The molecule has 4 rings (SSSR count). The number of benzene rings is 1. The van der Waals surface area contributed by atoms with Gasteiger partial charge in [-0.05, 0) is 11.6 Å². The molecule has 0 unspecified atom stereocenters. The zero-order chi connectivity index (χ0) is 19.6. The van der Waals surface area contributed by atoms with E-state index < -0.39 is 17.8 Å². The Kier molecular flexibility index (Phi) is 4.97. The molecule has 0 N–H and O–H groups in total. The first-order valence-corrected chi connectivity index (χ1v) is 9.72. The number of aromatic nitrogens is 1. The molecule has 28 heavy (non-hydrogen) atoms. The average Bonchev–Trinajstić information content (AvgIpc) is 3.13. The zero-order valence-corrected chi connectivity index (χ0v) is 15.9. The molecular weight excluding hydrogens is 378 g/mol. The first-order chi connectivity index (χ1) is 13.6. The maximum absolute atomic E-state index is 12.2. The Morgan fingerprint density at radius 3 is 2.50 bits per heavy atom. The molecule has 8 heteroatoms. The molecule has 1 saturated heterocycles. The topological polar surface area (TPSA) is 72.0 Å². The van der Waals surface area contributed by atoms with Crippen molar-refractivity contribution >= 4 is 34.5 Å². The van der Waals surface area contributed by atoms with Crippen molar-refractivity contribution in [3.05, 3.63) is 65.7 Å². The molecule has 1 fully saturated rings. The summed E-state index contributed by atoms with van der Waals surface area (Å²) in [6.45, 7) is 5.56. The highest BCUT2D eigenvalue weighted by Crippen LogP contribution is 2.33. The Morgan fingerprint density at radius 1 is 1.14 bits per heavy atom. The number of carbonyl (C=O) groups is 2. The van der Waals surface area contributed by atoms with Crippen LogP contribution in [-0.2, 0) is 25.6 Å². The van der Waals surface area contributed by atoms with Crippen molar-refractivity contribution < 1.29 is 19.1 Å². The van der Waals surface area contributed by atoms with E-state index >= 15 is 0 Å². The van der Waals surface area contributed by atoms with Gasteiger partial charge < -0.3 is 14.4 Å². The van der Waals surface area contributed by atoms with Gasteiger partial charge in [-0.15, -0.1) is 11.3 Å². The molecule has 0 bridgehead atoms. The van der Waals surface area contributed by atoms with Crippen molar-refractivity contribution in [1.29, 1.82) is 0 Å². The predicted octanol–water partition coefficient (Wildman–Crippen LogP) is 2.42. The van der Waals surface area contributed by atoms with Crippen LogP contribution in [0.3, 0.4) is 0 Å². The second-order valence-electron chi connectivity index (χ2n) is 6.48. The van der Waals surface area contributed by atoms with Gasteiger partial charge in [0.25, 0.3) is 0 Å². The lowest BCUT2D eigenvalue weighted by molar-refractivity contribution is -0.284. The van der Waals surface area contributed by atoms with Crippen LogP contribution in [0.4, 0.5) is 5.13 Å². The fourth-order valence-electron chi connectivity index (χ4n) is 3.25. The van der Waals surface area contributed by atoms with Crippen molar-refractivity contribution in [3.8, 4) is 0 Å². The molecule has 2 aliphatic heterocycles. The normalized spacial score (nSPS) is 19.2. The van der Waals surface area contributed by atoms with Crippen molar-refractivity contribution in [1.82, 2.24) is 9.88 Å². The molecule has 0 radical (unpaired) electrons. The minimum atomic E-state index is -1.52. The largest absolute Gasteiger partial charge is 0.403 e. The number of carbonyl (C=O) groups excluding carboxylic acids is 2. The third-order valence-corrected chi connectivity index (χ3v) is 5.51. The highest BCUT2D eigenvalue weighted by Gasteiger charge is 2.50. The molecule has 1 aromatic carbocycles. The lowest BCUT2D eigenvalue weighted by Gasteiger charge is -2.47. The van der Waals surface area contributed by atoms with Crippen LogP contribution in [0.2, 0.25) is 0 Å². The van der Waals surface area contributed by atoms with Crippen LogP contribution in [0.1, 0.15) is 11.3 Å². The number of rotatable bonds is 4. The number of anilines is 1. The molecular formula is C20H19N3O4S. The lowest BCUT2D eigenvalue weighted by atomic mass is 10.1. The van der Waals surface area contributed by atoms with E-state index in [1.807, 2.05) is 45.5 Å². The molecule has 2 aliphatic rings.